The van der Waals surface area contributed by atoms with Crippen molar-refractivity contribution in [1.82, 2.24) is 0 Å². The maximum Gasteiger partial charge on any atom is 0.119 e. The molecule has 3 rings (SSSR count). The molecule has 112 valence electrons. The Bertz CT molecular complexity index is 603. The number of nitrogens with two attached hydrogens (primary N) is 1. The molecule has 0 aliphatic carbocycles. The molecule has 0 bridgehead atoms. The molecule has 1 aliphatic heterocycles. The molecule has 0 saturated carbocycles. The number of benzene rings is 2. The fourth-order valence-corrected chi connectivity index (χ4v) is 2.88. The van der Waals surface area contributed by atoms with Crippen LogP contribution in [0.3, 0.4) is 0 Å². The monoisotopic (exact) mass is 284 g/mol. The lowest BCUT2D eigenvalue weighted by Crippen LogP contribution is -2.39. The second-order valence-electron chi connectivity index (χ2n) is 5.87. The van der Waals surface area contributed by atoms with E-state index < -0.39 is 0 Å². The van der Waals surface area contributed by atoms with E-state index in [0.717, 1.165) is 44.7 Å². The summed E-state index contributed by atoms with van der Waals surface area (Å²) in [6, 6.07) is 13.4. The van der Waals surface area contributed by atoms with Crippen LogP contribution in [-0.4, -0.2) is 25.7 Å². The molecule has 0 atom stereocenters. The third-order valence-electron chi connectivity index (χ3n) is 4.17. The second kappa shape index (κ2) is 6.35. The fourth-order valence-electron chi connectivity index (χ4n) is 2.88. The number of hydrogen-bond donors (Lipinski definition) is 1. The standard InChI is InChI=1S/C18H24N2O/c1-2-11-21-18-6-4-14-12-17(5-3-15(14)13-18)20-9-7-16(19)8-10-20/h3-6,12-13,16H,2,7-11,19H2,1H3. The topological polar surface area (TPSA) is 38.5 Å². The van der Waals surface area contributed by atoms with Crippen molar-refractivity contribution >= 4 is 16.5 Å². The van der Waals surface area contributed by atoms with E-state index >= 15 is 0 Å². The van der Waals surface area contributed by atoms with Crippen molar-refractivity contribution in [3.63, 3.8) is 0 Å². The number of ether oxygens (including phenoxy) is 1. The summed E-state index contributed by atoms with van der Waals surface area (Å²) in [5, 5.41) is 2.51. The van der Waals surface area contributed by atoms with Crippen molar-refractivity contribution < 1.29 is 4.74 Å². The fraction of sp³-hybridized carbons (Fsp3) is 0.444. The molecule has 0 aromatic heterocycles. The van der Waals surface area contributed by atoms with Crippen LogP contribution in [0.2, 0.25) is 0 Å². The average molecular weight is 284 g/mol. The summed E-state index contributed by atoms with van der Waals surface area (Å²) in [4.78, 5) is 2.43. The molecule has 0 spiro atoms. The Morgan fingerprint density at radius 2 is 1.81 bits per heavy atom. The molecule has 3 heteroatoms. The summed E-state index contributed by atoms with van der Waals surface area (Å²) >= 11 is 0. The van der Waals surface area contributed by atoms with Gasteiger partial charge < -0.3 is 15.4 Å². The zero-order chi connectivity index (χ0) is 14.7. The lowest BCUT2D eigenvalue weighted by molar-refractivity contribution is 0.318. The first-order chi connectivity index (χ1) is 10.3. The van der Waals surface area contributed by atoms with E-state index in [9.17, 15) is 0 Å². The van der Waals surface area contributed by atoms with Gasteiger partial charge in [0.2, 0.25) is 0 Å². The molecule has 1 fully saturated rings. The van der Waals surface area contributed by atoms with Crippen molar-refractivity contribution in [2.24, 2.45) is 5.73 Å². The molecular formula is C18H24N2O. The number of fused-ring (bicyclic) bond motifs is 1. The number of rotatable bonds is 4. The predicted octanol–water partition coefficient (Wildman–Crippen LogP) is 3.56. The summed E-state index contributed by atoms with van der Waals surface area (Å²) in [5.41, 5.74) is 7.28. The number of nitrogens with zero attached hydrogens (tertiary/aromatic N) is 1. The minimum atomic E-state index is 0.375. The van der Waals surface area contributed by atoms with Gasteiger partial charge in [0.1, 0.15) is 5.75 Å². The van der Waals surface area contributed by atoms with E-state index in [1.54, 1.807) is 0 Å². The predicted molar refractivity (Wildman–Crippen MR) is 89.2 cm³/mol. The van der Waals surface area contributed by atoms with Crippen LogP contribution in [-0.2, 0) is 0 Å². The highest BCUT2D eigenvalue weighted by molar-refractivity contribution is 5.87. The van der Waals surface area contributed by atoms with E-state index in [2.05, 4.69) is 48.2 Å². The maximum atomic E-state index is 5.98. The SMILES string of the molecule is CCCOc1ccc2cc(N3CCC(N)CC3)ccc2c1. The van der Waals surface area contributed by atoms with E-state index in [0.29, 0.717) is 6.04 Å². The molecule has 1 heterocycles. The summed E-state index contributed by atoms with van der Waals surface area (Å²) in [6.07, 6.45) is 3.21. The quantitative estimate of drug-likeness (QED) is 0.933. The first-order valence-corrected chi connectivity index (χ1v) is 7.93. The minimum Gasteiger partial charge on any atom is -0.494 e. The number of piperidine rings is 1. The molecule has 0 radical (unpaired) electrons. The normalized spacial score (nSPS) is 16.4. The maximum absolute atomic E-state index is 5.98. The molecule has 1 aliphatic rings. The van der Waals surface area contributed by atoms with Gasteiger partial charge in [-0.3, -0.25) is 0 Å². The molecule has 21 heavy (non-hydrogen) atoms. The molecule has 0 unspecified atom stereocenters. The van der Waals surface area contributed by atoms with Gasteiger partial charge in [0, 0.05) is 24.8 Å². The van der Waals surface area contributed by atoms with Gasteiger partial charge in [0.15, 0.2) is 0 Å². The largest absolute Gasteiger partial charge is 0.494 e. The van der Waals surface area contributed by atoms with Crippen molar-refractivity contribution in [3.8, 4) is 5.75 Å². The van der Waals surface area contributed by atoms with E-state index in [4.69, 9.17) is 10.5 Å². The summed E-state index contributed by atoms with van der Waals surface area (Å²) in [6.45, 7) is 5.02. The van der Waals surface area contributed by atoms with Crippen LogP contribution in [0.4, 0.5) is 5.69 Å². The van der Waals surface area contributed by atoms with Gasteiger partial charge in [0.25, 0.3) is 0 Å². The molecule has 2 aromatic carbocycles. The van der Waals surface area contributed by atoms with Crippen LogP contribution < -0.4 is 15.4 Å². The van der Waals surface area contributed by atoms with Gasteiger partial charge in [-0.15, -0.1) is 0 Å². The zero-order valence-electron chi connectivity index (χ0n) is 12.7. The lowest BCUT2D eigenvalue weighted by atomic mass is 10.0. The van der Waals surface area contributed by atoms with Gasteiger partial charge in [-0.1, -0.05) is 19.1 Å². The van der Waals surface area contributed by atoms with Crippen molar-refractivity contribution in [1.29, 1.82) is 0 Å². The van der Waals surface area contributed by atoms with Gasteiger partial charge in [0.05, 0.1) is 6.61 Å². The number of hydrogen-bond acceptors (Lipinski definition) is 3. The Labute approximate surface area is 126 Å². The van der Waals surface area contributed by atoms with Crippen LogP contribution in [0.1, 0.15) is 26.2 Å². The average Bonchev–Trinajstić information content (AvgIpc) is 2.53. The second-order valence-corrected chi connectivity index (χ2v) is 5.87. The Morgan fingerprint density at radius 1 is 1.10 bits per heavy atom. The van der Waals surface area contributed by atoms with Crippen molar-refractivity contribution in [2.45, 2.75) is 32.2 Å². The Balaban J connectivity index is 1.80. The first kappa shape index (κ1) is 14.2. The van der Waals surface area contributed by atoms with E-state index in [-0.39, 0.29) is 0 Å². The van der Waals surface area contributed by atoms with Crippen LogP contribution in [0.15, 0.2) is 36.4 Å². The Kier molecular flexibility index (Phi) is 4.30. The zero-order valence-corrected chi connectivity index (χ0v) is 12.7. The molecular weight excluding hydrogens is 260 g/mol. The minimum absolute atomic E-state index is 0.375. The van der Waals surface area contributed by atoms with Gasteiger partial charge in [-0.25, -0.2) is 0 Å². The Morgan fingerprint density at radius 3 is 2.57 bits per heavy atom. The molecule has 2 N–H and O–H groups in total. The van der Waals surface area contributed by atoms with E-state index in [1.807, 2.05) is 0 Å². The third kappa shape index (κ3) is 3.30. The smallest absolute Gasteiger partial charge is 0.119 e. The van der Waals surface area contributed by atoms with E-state index in [1.165, 1.54) is 16.5 Å². The van der Waals surface area contributed by atoms with Gasteiger partial charge >= 0.3 is 0 Å². The Hall–Kier alpha value is -1.74. The van der Waals surface area contributed by atoms with Gasteiger partial charge in [-0.2, -0.15) is 0 Å². The van der Waals surface area contributed by atoms with Crippen molar-refractivity contribution in [3.05, 3.63) is 36.4 Å². The van der Waals surface area contributed by atoms with Gasteiger partial charge in [-0.05, 0) is 54.3 Å². The summed E-state index contributed by atoms with van der Waals surface area (Å²) in [7, 11) is 0. The third-order valence-corrected chi connectivity index (χ3v) is 4.17. The first-order valence-electron chi connectivity index (χ1n) is 7.93. The molecule has 1 saturated heterocycles. The highest BCUT2D eigenvalue weighted by Crippen LogP contribution is 2.27. The van der Waals surface area contributed by atoms with Crippen LogP contribution in [0, 0.1) is 0 Å². The highest BCUT2D eigenvalue weighted by atomic mass is 16.5. The molecule has 0 amide bonds. The van der Waals surface area contributed by atoms with Crippen molar-refractivity contribution in [2.75, 3.05) is 24.6 Å². The molecule has 3 nitrogen and oxygen atoms in total. The lowest BCUT2D eigenvalue weighted by Gasteiger charge is -2.32. The number of anilines is 1. The van der Waals surface area contributed by atoms with Crippen LogP contribution in [0.25, 0.3) is 10.8 Å². The van der Waals surface area contributed by atoms with Crippen LogP contribution in [0.5, 0.6) is 5.75 Å². The molecule has 2 aromatic rings. The highest BCUT2D eigenvalue weighted by Gasteiger charge is 2.16. The summed E-state index contributed by atoms with van der Waals surface area (Å²) in [5.74, 6) is 0.959. The van der Waals surface area contributed by atoms with Crippen LogP contribution >= 0.6 is 0 Å². The summed E-state index contributed by atoms with van der Waals surface area (Å²) < 4.78 is 5.70.